The van der Waals surface area contributed by atoms with Crippen molar-refractivity contribution >= 4 is 0 Å². The van der Waals surface area contributed by atoms with Gasteiger partial charge in [-0.25, -0.2) is 0 Å². The molecule has 2 unspecified atom stereocenters. The second-order valence-electron chi connectivity index (χ2n) is 3.39. The lowest BCUT2D eigenvalue weighted by Gasteiger charge is -2.11. The Balaban J connectivity index is 2.01. The zero-order valence-electron chi connectivity index (χ0n) is 6.21. The molecule has 2 heterocycles. The van der Waals surface area contributed by atoms with Crippen LogP contribution in [0.3, 0.4) is 0 Å². The maximum absolute atomic E-state index is 5.36. The minimum Gasteiger partial charge on any atom is -0.299 e. The van der Waals surface area contributed by atoms with Gasteiger partial charge in [0.05, 0.1) is 0 Å². The summed E-state index contributed by atoms with van der Waals surface area (Å²) in [6.45, 7) is 2.46. The van der Waals surface area contributed by atoms with Gasteiger partial charge >= 0.3 is 0 Å². The van der Waals surface area contributed by atoms with E-state index in [0.29, 0.717) is 5.92 Å². The first-order valence-corrected chi connectivity index (χ1v) is 4.10. The Hall–Kier alpha value is -0.480. The number of rotatable bonds is 0. The number of terminal acetylenes is 1. The predicted octanol–water partition coefficient (Wildman–Crippen LogP) is 1.10. The Bertz CT molecular complexity index is 156. The molecule has 0 amide bonds. The van der Waals surface area contributed by atoms with Gasteiger partial charge in [-0.15, -0.1) is 12.3 Å². The fraction of sp³-hybridized carbons (Fsp3) is 0.778. The van der Waals surface area contributed by atoms with Crippen molar-refractivity contribution in [2.75, 3.05) is 13.1 Å². The highest BCUT2D eigenvalue weighted by atomic mass is 15.2. The summed E-state index contributed by atoms with van der Waals surface area (Å²) in [4.78, 5) is 2.55. The van der Waals surface area contributed by atoms with Gasteiger partial charge in [-0.05, 0) is 25.8 Å². The fourth-order valence-corrected chi connectivity index (χ4v) is 2.21. The minimum absolute atomic E-state index is 0.560. The molecule has 2 aliphatic rings. The Kier molecular flexibility index (Phi) is 1.43. The highest BCUT2D eigenvalue weighted by molar-refractivity contribution is 5.02. The highest BCUT2D eigenvalue weighted by Gasteiger charge is 2.33. The van der Waals surface area contributed by atoms with Crippen molar-refractivity contribution in [2.45, 2.75) is 25.3 Å². The summed E-state index contributed by atoms with van der Waals surface area (Å²) < 4.78 is 0. The summed E-state index contributed by atoms with van der Waals surface area (Å²) in [5, 5.41) is 0. The summed E-state index contributed by atoms with van der Waals surface area (Å²) in [7, 11) is 0. The first-order valence-electron chi connectivity index (χ1n) is 4.10. The smallest absolute Gasteiger partial charge is 0.0342 e. The third-order valence-electron chi connectivity index (χ3n) is 2.75. The van der Waals surface area contributed by atoms with Crippen molar-refractivity contribution in [3.8, 4) is 12.3 Å². The first kappa shape index (κ1) is 6.24. The lowest BCUT2D eigenvalue weighted by molar-refractivity contribution is 0.322. The fourth-order valence-electron chi connectivity index (χ4n) is 2.21. The monoisotopic (exact) mass is 135 g/mol. The molecule has 10 heavy (non-hydrogen) atoms. The van der Waals surface area contributed by atoms with Crippen LogP contribution in [0.1, 0.15) is 19.3 Å². The number of hydrogen-bond acceptors (Lipinski definition) is 1. The molecule has 0 spiro atoms. The Labute approximate surface area is 62.4 Å². The van der Waals surface area contributed by atoms with Crippen LogP contribution in [-0.4, -0.2) is 24.0 Å². The van der Waals surface area contributed by atoms with Crippen LogP contribution in [0.4, 0.5) is 0 Å². The summed E-state index contributed by atoms with van der Waals surface area (Å²) in [5.41, 5.74) is 0. The molecule has 0 aromatic heterocycles. The topological polar surface area (TPSA) is 3.24 Å². The molecule has 0 aliphatic carbocycles. The van der Waals surface area contributed by atoms with Crippen molar-refractivity contribution in [1.82, 2.24) is 4.90 Å². The normalized spacial score (nSPS) is 39.5. The summed E-state index contributed by atoms with van der Waals surface area (Å²) in [6, 6.07) is 0.848. The molecule has 1 heteroatoms. The van der Waals surface area contributed by atoms with Crippen LogP contribution >= 0.6 is 0 Å². The van der Waals surface area contributed by atoms with Crippen molar-refractivity contribution in [3.05, 3.63) is 0 Å². The molecular weight excluding hydrogens is 122 g/mol. The SMILES string of the molecule is C#CC1CC2CCCN2C1. The standard InChI is InChI=1S/C9H13N/c1-2-8-6-9-4-3-5-10(9)7-8/h1,8-9H,3-7H2. The van der Waals surface area contributed by atoms with E-state index in [-0.39, 0.29) is 0 Å². The second-order valence-corrected chi connectivity index (χ2v) is 3.39. The molecule has 1 nitrogen and oxygen atoms in total. The van der Waals surface area contributed by atoms with E-state index in [1.807, 2.05) is 0 Å². The van der Waals surface area contributed by atoms with Crippen LogP contribution in [0.2, 0.25) is 0 Å². The van der Waals surface area contributed by atoms with E-state index in [0.717, 1.165) is 6.04 Å². The molecule has 2 rings (SSSR count). The molecule has 54 valence electrons. The van der Waals surface area contributed by atoms with Crippen LogP contribution in [0.5, 0.6) is 0 Å². The number of hydrogen-bond donors (Lipinski definition) is 0. The highest BCUT2D eigenvalue weighted by Crippen LogP contribution is 2.30. The molecule has 2 saturated heterocycles. The van der Waals surface area contributed by atoms with E-state index in [1.165, 1.54) is 32.4 Å². The van der Waals surface area contributed by atoms with Crippen LogP contribution < -0.4 is 0 Å². The molecular formula is C9H13N. The van der Waals surface area contributed by atoms with Gasteiger partial charge in [-0.2, -0.15) is 0 Å². The van der Waals surface area contributed by atoms with Crippen molar-refractivity contribution < 1.29 is 0 Å². The van der Waals surface area contributed by atoms with Crippen LogP contribution in [0.25, 0.3) is 0 Å². The van der Waals surface area contributed by atoms with E-state index < -0.39 is 0 Å². The third-order valence-corrected chi connectivity index (χ3v) is 2.75. The van der Waals surface area contributed by atoms with Gasteiger partial charge in [-0.1, -0.05) is 0 Å². The quantitative estimate of drug-likeness (QED) is 0.450. The van der Waals surface area contributed by atoms with Gasteiger partial charge in [0.1, 0.15) is 0 Å². The third kappa shape index (κ3) is 0.839. The molecule has 0 saturated carbocycles. The molecule has 0 aromatic rings. The maximum Gasteiger partial charge on any atom is 0.0342 e. The Morgan fingerprint density at radius 3 is 3.10 bits per heavy atom. The molecule has 2 fully saturated rings. The zero-order chi connectivity index (χ0) is 6.97. The lowest BCUT2D eigenvalue weighted by Crippen LogP contribution is -2.22. The number of fused-ring (bicyclic) bond motifs is 1. The van der Waals surface area contributed by atoms with Crippen LogP contribution in [-0.2, 0) is 0 Å². The largest absolute Gasteiger partial charge is 0.299 e. The molecule has 0 aromatic carbocycles. The van der Waals surface area contributed by atoms with E-state index in [2.05, 4.69) is 10.8 Å². The van der Waals surface area contributed by atoms with Crippen LogP contribution in [0.15, 0.2) is 0 Å². The second kappa shape index (κ2) is 2.29. The van der Waals surface area contributed by atoms with Gasteiger partial charge in [-0.3, -0.25) is 4.90 Å². The molecule has 0 radical (unpaired) electrons. The minimum atomic E-state index is 0.560. The van der Waals surface area contributed by atoms with Gasteiger partial charge in [0.15, 0.2) is 0 Å². The zero-order valence-corrected chi connectivity index (χ0v) is 6.21. The predicted molar refractivity (Wildman–Crippen MR) is 41.5 cm³/mol. The molecule has 2 atom stereocenters. The summed E-state index contributed by atoms with van der Waals surface area (Å²) in [5.74, 6) is 3.41. The van der Waals surface area contributed by atoms with Gasteiger partial charge < -0.3 is 0 Å². The first-order chi connectivity index (χ1) is 4.90. The van der Waals surface area contributed by atoms with Crippen molar-refractivity contribution in [2.24, 2.45) is 5.92 Å². The van der Waals surface area contributed by atoms with Gasteiger partial charge in [0, 0.05) is 18.5 Å². The average molecular weight is 135 g/mol. The Morgan fingerprint density at radius 2 is 2.40 bits per heavy atom. The van der Waals surface area contributed by atoms with Gasteiger partial charge in [0.25, 0.3) is 0 Å². The maximum atomic E-state index is 5.36. The van der Waals surface area contributed by atoms with Crippen molar-refractivity contribution in [1.29, 1.82) is 0 Å². The molecule has 2 aliphatic heterocycles. The summed E-state index contributed by atoms with van der Waals surface area (Å²) in [6.07, 6.45) is 9.40. The van der Waals surface area contributed by atoms with E-state index in [9.17, 15) is 0 Å². The average Bonchev–Trinajstić information content (AvgIpc) is 2.42. The summed E-state index contributed by atoms with van der Waals surface area (Å²) >= 11 is 0. The van der Waals surface area contributed by atoms with E-state index in [1.54, 1.807) is 0 Å². The van der Waals surface area contributed by atoms with E-state index in [4.69, 9.17) is 6.42 Å². The lowest BCUT2D eigenvalue weighted by atomic mass is 10.0. The van der Waals surface area contributed by atoms with Gasteiger partial charge in [0.2, 0.25) is 0 Å². The van der Waals surface area contributed by atoms with Crippen molar-refractivity contribution in [3.63, 3.8) is 0 Å². The molecule has 0 bridgehead atoms. The van der Waals surface area contributed by atoms with E-state index >= 15 is 0 Å². The Morgan fingerprint density at radius 1 is 1.50 bits per heavy atom. The molecule has 0 N–H and O–H groups in total. The number of nitrogens with zero attached hydrogens (tertiary/aromatic N) is 1. The van der Waals surface area contributed by atoms with Crippen LogP contribution in [0, 0.1) is 18.3 Å².